The van der Waals surface area contributed by atoms with Gasteiger partial charge < -0.3 is 4.74 Å². The van der Waals surface area contributed by atoms with Gasteiger partial charge in [0.1, 0.15) is 0 Å². The standard InChI is InChI=1S/C24H20O2/c25-24(26-16-8-11-18-9-2-1-3-10-18)23-21-14-6-4-12-19(21)17-20-13-5-7-15-22(20)23/h1-7,9-10,12-15,17H,8,11,16H2. The van der Waals surface area contributed by atoms with Crippen molar-refractivity contribution in [3.05, 3.63) is 96.1 Å². The molecule has 0 N–H and O–H groups in total. The summed E-state index contributed by atoms with van der Waals surface area (Å²) in [5.41, 5.74) is 1.93. The van der Waals surface area contributed by atoms with E-state index in [9.17, 15) is 4.79 Å². The van der Waals surface area contributed by atoms with E-state index >= 15 is 0 Å². The Morgan fingerprint density at radius 2 is 1.31 bits per heavy atom. The molecule has 0 fully saturated rings. The molecule has 0 saturated heterocycles. The average molecular weight is 340 g/mol. The number of rotatable bonds is 5. The number of ether oxygens (including phenoxy) is 1. The Bertz CT molecular complexity index is 997. The van der Waals surface area contributed by atoms with E-state index in [2.05, 4.69) is 18.2 Å². The van der Waals surface area contributed by atoms with Crippen LogP contribution >= 0.6 is 0 Å². The van der Waals surface area contributed by atoms with Crippen molar-refractivity contribution in [1.29, 1.82) is 0 Å². The molecule has 0 aliphatic carbocycles. The molecule has 0 atom stereocenters. The molecule has 0 aliphatic rings. The van der Waals surface area contributed by atoms with Crippen LogP contribution < -0.4 is 0 Å². The van der Waals surface area contributed by atoms with Gasteiger partial charge >= 0.3 is 5.97 Å². The predicted octanol–water partition coefficient (Wildman–Crippen LogP) is 5.78. The van der Waals surface area contributed by atoms with Crippen LogP contribution in [0.2, 0.25) is 0 Å². The summed E-state index contributed by atoms with van der Waals surface area (Å²) in [5.74, 6) is -0.244. The molecule has 2 nitrogen and oxygen atoms in total. The van der Waals surface area contributed by atoms with Crippen LogP contribution in [-0.2, 0) is 11.2 Å². The number of esters is 1. The van der Waals surface area contributed by atoms with Crippen molar-refractivity contribution in [3.63, 3.8) is 0 Å². The summed E-state index contributed by atoms with van der Waals surface area (Å²) < 4.78 is 5.63. The zero-order valence-corrected chi connectivity index (χ0v) is 14.5. The van der Waals surface area contributed by atoms with Gasteiger partial charge in [0, 0.05) is 0 Å². The second-order valence-electron chi connectivity index (χ2n) is 6.42. The molecule has 0 heterocycles. The fraction of sp³-hybridized carbons (Fsp3) is 0.125. The van der Waals surface area contributed by atoms with Crippen LogP contribution in [0.25, 0.3) is 21.5 Å². The number of hydrogen-bond acceptors (Lipinski definition) is 2. The number of carbonyl (C=O) groups is 1. The second-order valence-corrected chi connectivity index (χ2v) is 6.42. The molecule has 0 aliphatic heterocycles. The van der Waals surface area contributed by atoms with Crippen LogP contribution in [-0.4, -0.2) is 12.6 Å². The van der Waals surface area contributed by atoms with Gasteiger partial charge in [-0.15, -0.1) is 0 Å². The van der Waals surface area contributed by atoms with Gasteiger partial charge in [0.05, 0.1) is 12.2 Å². The van der Waals surface area contributed by atoms with E-state index in [-0.39, 0.29) is 5.97 Å². The smallest absolute Gasteiger partial charge is 0.339 e. The summed E-state index contributed by atoms with van der Waals surface area (Å²) in [6.07, 6.45) is 1.73. The fourth-order valence-electron chi connectivity index (χ4n) is 3.39. The predicted molar refractivity (Wildman–Crippen MR) is 106 cm³/mol. The van der Waals surface area contributed by atoms with Crippen LogP contribution in [0.4, 0.5) is 0 Å². The van der Waals surface area contributed by atoms with E-state index in [0.29, 0.717) is 12.2 Å². The first-order chi connectivity index (χ1) is 12.8. The normalized spacial score (nSPS) is 10.9. The Morgan fingerprint density at radius 3 is 1.96 bits per heavy atom. The fourth-order valence-corrected chi connectivity index (χ4v) is 3.39. The second kappa shape index (κ2) is 7.40. The minimum Gasteiger partial charge on any atom is -0.462 e. The van der Waals surface area contributed by atoms with E-state index in [0.717, 1.165) is 34.4 Å². The molecule has 0 bridgehead atoms. The SMILES string of the molecule is O=C(OCCCc1ccccc1)c1c2ccccc2cc2ccccc12. The van der Waals surface area contributed by atoms with Crippen LogP contribution in [0.1, 0.15) is 22.3 Å². The van der Waals surface area contributed by atoms with E-state index in [1.165, 1.54) is 5.56 Å². The monoisotopic (exact) mass is 340 g/mol. The first-order valence-electron chi connectivity index (χ1n) is 8.94. The molecule has 0 amide bonds. The lowest BCUT2D eigenvalue weighted by molar-refractivity contribution is 0.0505. The van der Waals surface area contributed by atoms with Crippen LogP contribution in [0, 0.1) is 0 Å². The van der Waals surface area contributed by atoms with Crippen LogP contribution in [0.3, 0.4) is 0 Å². The summed E-state index contributed by atoms with van der Waals surface area (Å²) in [6, 6.07) is 28.3. The third-order valence-corrected chi connectivity index (χ3v) is 4.66. The molecular weight excluding hydrogens is 320 g/mol. The zero-order valence-electron chi connectivity index (χ0n) is 14.5. The Labute approximate surface area is 153 Å². The third kappa shape index (κ3) is 3.31. The molecule has 4 aromatic rings. The summed E-state index contributed by atoms with van der Waals surface area (Å²) in [6.45, 7) is 0.422. The minimum absolute atomic E-state index is 0.244. The molecule has 2 heteroatoms. The topological polar surface area (TPSA) is 26.3 Å². The Kier molecular flexibility index (Phi) is 4.65. The summed E-state index contributed by atoms with van der Waals surface area (Å²) in [5, 5.41) is 4.00. The van der Waals surface area contributed by atoms with Crippen LogP contribution in [0.15, 0.2) is 84.9 Å². The van der Waals surface area contributed by atoms with E-state index in [4.69, 9.17) is 4.74 Å². The maximum absolute atomic E-state index is 12.9. The molecular formula is C24H20O2. The van der Waals surface area contributed by atoms with Gasteiger partial charge in [0.25, 0.3) is 0 Å². The Morgan fingerprint density at radius 1 is 0.731 bits per heavy atom. The van der Waals surface area contributed by atoms with Gasteiger partial charge in [-0.2, -0.15) is 0 Å². The number of carbonyl (C=O) groups excluding carboxylic acids is 1. The molecule has 26 heavy (non-hydrogen) atoms. The summed E-state index contributed by atoms with van der Waals surface area (Å²) >= 11 is 0. The number of hydrogen-bond donors (Lipinski definition) is 0. The van der Waals surface area contributed by atoms with Gasteiger partial charge in [-0.25, -0.2) is 4.79 Å². The van der Waals surface area contributed by atoms with E-state index < -0.39 is 0 Å². The van der Waals surface area contributed by atoms with Gasteiger partial charge in [0.15, 0.2) is 0 Å². The highest BCUT2D eigenvalue weighted by Crippen LogP contribution is 2.29. The largest absolute Gasteiger partial charge is 0.462 e. The van der Waals surface area contributed by atoms with Crippen molar-refractivity contribution in [1.82, 2.24) is 0 Å². The Balaban J connectivity index is 1.57. The molecule has 0 unspecified atom stereocenters. The van der Waals surface area contributed by atoms with Crippen LogP contribution in [0.5, 0.6) is 0 Å². The quantitative estimate of drug-likeness (QED) is 0.261. The summed E-state index contributed by atoms with van der Waals surface area (Å²) in [4.78, 5) is 12.9. The molecule has 0 radical (unpaired) electrons. The van der Waals surface area contributed by atoms with Gasteiger partial charge in [-0.3, -0.25) is 0 Å². The molecule has 0 spiro atoms. The summed E-state index contributed by atoms with van der Waals surface area (Å²) in [7, 11) is 0. The average Bonchev–Trinajstić information content (AvgIpc) is 2.70. The molecule has 4 rings (SSSR count). The minimum atomic E-state index is -0.244. The third-order valence-electron chi connectivity index (χ3n) is 4.66. The highest BCUT2D eigenvalue weighted by Gasteiger charge is 2.15. The van der Waals surface area contributed by atoms with E-state index in [1.807, 2.05) is 66.7 Å². The van der Waals surface area contributed by atoms with Crippen molar-refractivity contribution in [2.24, 2.45) is 0 Å². The van der Waals surface area contributed by atoms with Gasteiger partial charge in [-0.1, -0.05) is 78.9 Å². The lowest BCUT2D eigenvalue weighted by atomic mass is 9.97. The Hall–Kier alpha value is -3.13. The number of benzene rings is 4. The molecule has 0 saturated carbocycles. The molecule has 128 valence electrons. The van der Waals surface area contributed by atoms with Gasteiger partial charge in [-0.05, 0) is 46.0 Å². The molecule has 0 aromatic heterocycles. The zero-order chi connectivity index (χ0) is 17.8. The lowest BCUT2D eigenvalue weighted by Crippen LogP contribution is -2.08. The van der Waals surface area contributed by atoms with Gasteiger partial charge in [0.2, 0.25) is 0 Å². The highest BCUT2D eigenvalue weighted by atomic mass is 16.5. The maximum Gasteiger partial charge on any atom is 0.339 e. The first-order valence-corrected chi connectivity index (χ1v) is 8.94. The van der Waals surface area contributed by atoms with Crippen molar-refractivity contribution >= 4 is 27.5 Å². The lowest BCUT2D eigenvalue weighted by Gasteiger charge is -2.11. The van der Waals surface area contributed by atoms with Crippen molar-refractivity contribution < 1.29 is 9.53 Å². The molecule has 4 aromatic carbocycles. The van der Waals surface area contributed by atoms with Crippen molar-refractivity contribution in [2.45, 2.75) is 12.8 Å². The van der Waals surface area contributed by atoms with Crippen molar-refractivity contribution in [2.75, 3.05) is 6.61 Å². The van der Waals surface area contributed by atoms with Crippen molar-refractivity contribution in [3.8, 4) is 0 Å². The van der Waals surface area contributed by atoms with E-state index in [1.54, 1.807) is 0 Å². The maximum atomic E-state index is 12.9. The number of aryl methyl sites for hydroxylation is 1. The first kappa shape index (κ1) is 16.3. The highest BCUT2D eigenvalue weighted by molar-refractivity contribution is 6.16. The number of fused-ring (bicyclic) bond motifs is 2.